The van der Waals surface area contributed by atoms with E-state index in [4.69, 9.17) is 4.74 Å². The zero-order valence-corrected chi connectivity index (χ0v) is 9.68. The van der Waals surface area contributed by atoms with Gasteiger partial charge in [-0.2, -0.15) is 0 Å². The topological polar surface area (TPSA) is 29.5 Å². The van der Waals surface area contributed by atoms with Crippen molar-refractivity contribution >= 4 is 17.4 Å². The van der Waals surface area contributed by atoms with Gasteiger partial charge in [-0.3, -0.25) is 0 Å². The predicted octanol–water partition coefficient (Wildman–Crippen LogP) is 2.65. The second kappa shape index (κ2) is 4.66. The molecule has 1 amide bonds. The fourth-order valence-electron chi connectivity index (χ4n) is 1.81. The van der Waals surface area contributed by atoms with Crippen molar-refractivity contribution in [3.05, 3.63) is 21.9 Å². The van der Waals surface area contributed by atoms with Gasteiger partial charge >= 0.3 is 6.09 Å². The Labute approximate surface area is 93.7 Å². The largest absolute Gasteiger partial charge is 0.450 e. The fourth-order valence-corrected chi connectivity index (χ4v) is 2.76. The Morgan fingerprint density at radius 1 is 1.67 bits per heavy atom. The normalized spacial score (nSPS) is 15.7. The summed E-state index contributed by atoms with van der Waals surface area (Å²) in [6.45, 7) is 3.81. The van der Waals surface area contributed by atoms with Gasteiger partial charge in [0.05, 0.1) is 13.2 Å². The molecule has 0 saturated carbocycles. The first kappa shape index (κ1) is 10.5. The molecule has 1 aromatic rings. The van der Waals surface area contributed by atoms with Crippen molar-refractivity contribution in [1.82, 2.24) is 4.90 Å². The number of aryl methyl sites for hydroxylation is 1. The number of carbonyl (C=O) groups excluding carboxylic acids is 1. The van der Waals surface area contributed by atoms with Gasteiger partial charge in [0.15, 0.2) is 0 Å². The summed E-state index contributed by atoms with van der Waals surface area (Å²) in [6, 6.07) is 2.16. The van der Waals surface area contributed by atoms with E-state index < -0.39 is 0 Å². The van der Waals surface area contributed by atoms with Crippen LogP contribution < -0.4 is 0 Å². The number of hydrogen-bond donors (Lipinski definition) is 0. The van der Waals surface area contributed by atoms with Gasteiger partial charge in [-0.15, -0.1) is 11.3 Å². The lowest BCUT2D eigenvalue weighted by molar-refractivity contribution is 0.105. The van der Waals surface area contributed by atoms with E-state index in [2.05, 4.69) is 11.4 Å². The number of rotatable bonds is 1. The number of ether oxygens (including phenoxy) is 1. The minimum absolute atomic E-state index is 0.182. The van der Waals surface area contributed by atoms with Crippen LogP contribution in [-0.2, 0) is 17.7 Å². The molecule has 0 fully saturated rings. The molecule has 3 nitrogen and oxygen atoms in total. The summed E-state index contributed by atoms with van der Waals surface area (Å²) < 4.78 is 5.02. The molecule has 0 atom stereocenters. The third-order valence-corrected chi connectivity index (χ3v) is 3.52. The molecule has 82 valence electrons. The molecule has 15 heavy (non-hydrogen) atoms. The van der Waals surface area contributed by atoms with Gasteiger partial charge < -0.3 is 9.64 Å². The Balaban J connectivity index is 2.08. The molecule has 1 aliphatic rings. The lowest BCUT2D eigenvalue weighted by Gasteiger charge is -2.19. The molecule has 0 N–H and O–H groups in total. The Hall–Kier alpha value is -1.03. The molecule has 1 aromatic heterocycles. The van der Waals surface area contributed by atoms with Crippen molar-refractivity contribution in [2.75, 3.05) is 13.2 Å². The second-order valence-electron chi connectivity index (χ2n) is 3.59. The first-order valence-electron chi connectivity index (χ1n) is 5.28. The molecule has 0 spiro atoms. The molecular formula is C11H15NO2S. The van der Waals surface area contributed by atoms with E-state index in [1.165, 1.54) is 10.4 Å². The fraction of sp³-hybridized carbons (Fsp3) is 0.545. The molecule has 0 unspecified atom stereocenters. The maximum absolute atomic E-state index is 11.6. The van der Waals surface area contributed by atoms with Crippen LogP contribution in [-0.4, -0.2) is 24.1 Å². The zero-order chi connectivity index (χ0) is 10.7. The van der Waals surface area contributed by atoms with Gasteiger partial charge in [0.1, 0.15) is 0 Å². The highest BCUT2D eigenvalue weighted by molar-refractivity contribution is 7.10. The number of nitrogens with zero attached hydrogens (tertiary/aromatic N) is 1. The third kappa shape index (κ3) is 2.31. The van der Waals surface area contributed by atoms with Gasteiger partial charge in [-0.1, -0.05) is 0 Å². The Morgan fingerprint density at radius 3 is 3.33 bits per heavy atom. The second-order valence-corrected chi connectivity index (χ2v) is 4.59. The number of fused-ring (bicyclic) bond motifs is 1. The van der Waals surface area contributed by atoms with Crippen LogP contribution in [0, 0.1) is 0 Å². The average molecular weight is 225 g/mol. The third-order valence-electron chi connectivity index (χ3n) is 2.57. The molecule has 0 bridgehead atoms. The minimum Gasteiger partial charge on any atom is -0.450 e. The maximum atomic E-state index is 11.6. The van der Waals surface area contributed by atoms with Gasteiger partial charge in [0.2, 0.25) is 0 Å². The van der Waals surface area contributed by atoms with Crippen molar-refractivity contribution < 1.29 is 9.53 Å². The smallest absolute Gasteiger partial charge is 0.410 e. The number of amides is 1. The van der Waals surface area contributed by atoms with Crippen molar-refractivity contribution in [3.63, 3.8) is 0 Å². The molecule has 1 aliphatic heterocycles. The molecule has 0 aromatic carbocycles. The first-order chi connectivity index (χ1) is 7.31. The highest BCUT2D eigenvalue weighted by Crippen LogP contribution is 2.23. The summed E-state index contributed by atoms with van der Waals surface area (Å²) in [5, 5.41) is 2.10. The summed E-state index contributed by atoms with van der Waals surface area (Å²) >= 11 is 1.73. The van der Waals surface area contributed by atoms with Crippen LogP contribution in [0.3, 0.4) is 0 Å². The van der Waals surface area contributed by atoms with Gasteiger partial charge in [0, 0.05) is 11.4 Å². The molecule has 2 heterocycles. The molecular weight excluding hydrogens is 210 g/mol. The Morgan fingerprint density at radius 2 is 2.53 bits per heavy atom. The number of thiophene rings is 1. The van der Waals surface area contributed by atoms with E-state index in [9.17, 15) is 4.79 Å². The summed E-state index contributed by atoms with van der Waals surface area (Å²) in [4.78, 5) is 14.7. The quantitative estimate of drug-likeness (QED) is 0.735. The van der Waals surface area contributed by atoms with Crippen LogP contribution in [0.2, 0.25) is 0 Å². The Bertz CT molecular complexity index is 348. The Kier molecular flexibility index (Phi) is 3.26. The van der Waals surface area contributed by atoms with E-state index >= 15 is 0 Å². The van der Waals surface area contributed by atoms with E-state index in [0.29, 0.717) is 13.2 Å². The summed E-state index contributed by atoms with van der Waals surface area (Å²) in [5.74, 6) is 0. The van der Waals surface area contributed by atoms with E-state index in [0.717, 1.165) is 19.4 Å². The van der Waals surface area contributed by atoms with Crippen LogP contribution >= 0.6 is 11.3 Å². The lowest BCUT2D eigenvalue weighted by Crippen LogP contribution is -2.31. The van der Waals surface area contributed by atoms with E-state index in [-0.39, 0.29) is 6.09 Å². The van der Waals surface area contributed by atoms with Crippen LogP contribution in [0.5, 0.6) is 0 Å². The monoisotopic (exact) mass is 225 g/mol. The van der Waals surface area contributed by atoms with Crippen molar-refractivity contribution in [3.8, 4) is 0 Å². The zero-order valence-electron chi connectivity index (χ0n) is 8.86. The molecule has 2 rings (SSSR count). The van der Waals surface area contributed by atoms with Crippen LogP contribution in [0.4, 0.5) is 4.79 Å². The lowest BCUT2D eigenvalue weighted by atomic mass is 10.2. The number of hydrogen-bond acceptors (Lipinski definition) is 3. The predicted molar refractivity (Wildman–Crippen MR) is 60.1 cm³/mol. The SMILES string of the molecule is CCOC(=O)N1CCCc2ccsc2C1. The van der Waals surface area contributed by atoms with Crippen molar-refractivity contribution in [2.45, 2.75) is 26.3 Å². The van der Waals surface area contributed by atoms with Crippen LogP contribution in [0.1, 0.15) is 23.8 Å². The standard InChI is InChI=1S/C11H15NO2S/c1-2-14-11(13)12-6-3-4-9-5-7-15-10(9)8-12/h5,7H,2-4,6,8H2,1H3. The van der Waals surface area contributed by atoms with E-state index in [1.807, 2.05) is 6.92 Å². The highest BCUT2D eigenvalue weighted by Gasteiger charge is 2.20. The summed E-state index contributed by atoms with van der Waals surface area (Å²) in [6.07, 6.45) is 1.93. The molecule has 0 aliphatic carbocycles. The molecule has 0 saturated heterocycles. The average Bonchev–Trinajstić information content (AvgIpc) is 2.56. The minimum atomic E-state index is -0.182. The van der Waals surface area contributed by atoms with Gasteiger partial charge in [-0.05, 0) is 36.8 Å². The van der Waals surface area contributed by atoms with Gasteiger partial charge in [-0.25, -0.2) is 4.79 Å². The molecule has 0 radical (unpaired) electrons. The van der Waals surface area contributed by atoms with Crippen molar-refractivity contribution in [1.29, 1.82) is 0 Å². The highest BCUT2D eigenvalue weighted by atomic mass is 32.1. The maximum Gasteiger partial charge on any atom is 0.410 e. The summed E-state index contributed by atoms with van der Waals surface area (Å²) in [5.41, 5.74) is 1.40. The summed E-state index contributed by atoms with van der Waals surface area (Å²) in [7, 11) is 0. The van der Waals surface area contributed by atoms with Crippen LogP contribution in [0.25, 0.3) is 0 Å². The van der Waals surface area contributed by atoms with E-state index in [1.54, 1.807) is 16.2 Å². The van der Waals surface area contributed by atoms with Crippen LogP contribution in [0.15, 0.2) is 11.4 Å². The first-order valence-corrected chi connectivity index (χ1v) is 6.16. The number of carbonyl (C=O) groups is 1. The van der Waals surface area contributed by atoms with Crippen molar-refractivity contribution in [2.24, 2.45) is 0 Å². The molecule has 4 heteroatoms. The van der Waals surface area contributed by atoms with Gasteiger partial charge in [0.25, 0.3) is 0 Å².